The van der Waals surface area contributed by atoms with E-state index in [1.807, 2.05) is 0 Å². The molecule has 0 radical (unpaired) electrons. The fraction of sp³-hybridized carbons (Fsp3) is 0.458. The zero-order valence-electron chi connectivity index (χ0n) is 16.7. The molecule has 0 unspecified atom stereocenters. The Bertz CT molecular complexity index is 662. The van der Waals surface area contributed by atoms with Crippen molar-refractivity contribution < 1.29 is 26.3 Å². The van der Waals surface area contributed by atoms with Gasteiger partial charge in [-0.15, -0.1) is 0 Å². The Morgan fingerprint density at radius 1 is 0.815 bits per heavy atom. The monoisotopic (exact) mass is 429 g/mol. The van der Waals surface area contributed by atoms with Crippen LogP contribution in [0, 0.1) is 0 Å². The summed E-state index contributed by atoms with van der Waals surface area (Å²) in [5.74, 6) is 1.16. The number of hydrogen-bond acceptors (Lipinski definition) is 1. The van der Waals surface area contributed by atoms with Crippen LogP contribution in [0.2, 0.25) is 0 Å². The smallest absolute Gasteiger partial charge is 0.351 e. The van der Waals surface area contributed by atoms with Gasteiger partial charge in [-0.2, -0.15) is 0 Å². The molecule has 0 aromatic heterocycles. The van der Waals surface area contributed by atoms with E-state index in [9.17, 15) is 0 Å². The SMILES string of the molecule is CCCC[N+](CCCC)=C1OCCC1(c1ccccc1)c1ccccc1.[Br-]. The van der Waals surface area contributed by atoms with E-state index in [1.54, 1.807) is 0 Å². The molecule has 1 fully saturated rings. The average molecular weight is 430 g/mol. The summed E-state index contributed by atoms with van der Waals surface area (Å²) >= 11 is 0. The third-order valence-corrected chi connectivity index (χ3v) is 5.46. The van der Waals surface area contributed by atoms with Crippen molar-refractivity contribution in [2.75, 3.05) is 19.7 Å². The van der Waals surface area contributed by atoms with Crippen molar-refractivity contribution in [3.63, 3.8) is 0 Å². The van der Waals surface area contributed by atoms with Crippen molar-refractivity contribution in [1.82, 2.24) is 0 Å². The summed E-state index contributed by atoms with van der Waals surface area (Å²) in [5.41, 5.74) is 2.53. The summed E-state index contributed by atoms with van der Waals surface area (Å²) in [6, 6.07) is 21.9. The van der Waals surface area contributed by atoms with E-state index in [0.29, 0.717) is 0 Å². The van der Waals surface area contributed by atoms with Gasteiger partial charge >= 0.3 is 5.90 Å². The van der Waals surface area contributed by atoms with Crippen molar-refractivity contribution in [2.45, 2.75) is 51.4 Å². The van der Waals surface area contributed by atoms with E-state index < -0.39 is 0 Å². The first-order chi connectivity index (χ1) is 12.8. The Balaban J connectivity index is 0.00000261. The molecule has 0 spiro atoms. The zero-order valence-corrected chi connectivity index (χ0v) is 18.2. The summed E-state index contributed by atoms with van der Waals surface area (Å²) in [6.45, 7) is 7.47. The maximum absolute atomic E-state index is 6.38. The number of rotatable bonds is 8. The van der Waals surface area contributed by atoms with E-state index in [2.05, 4.69) is 79.1 Å². The molecular weight excluding hydrogens is 398 g/mol. The zero-order chi connectivity index (χ0) is 18.2. The first-order valence-electron chi connectivity index (χ1n) is 10.2. The molecule has 1 heterocycles. The second-order valence-electron chi connectivity index (χ2n) is 7.24. The van der Waals surface area contributed by atoms with Crippen molar-refractivity contribution in [3.05, 3.63) is 71.8 Å². The van der Waals surface area contributed by atoms with Crippen LogP contribution in [0.4, 0.5) is 0 Å². The molecule has 2 aromatic carbocycles. The normalized spacial score (nSPS) is 15.1. The van der Waals surface area contributed by atoms with Crippen LogP contribution in [0.15, 0.2) is 60.7 Å². The lowest BCUT2D eigenvalue weighted by Crippen LogP contribution is -3.00. The third-order valence-electron chi connectivity index (χ3n) is 5.46. The van der Waals surface area contributed by atoms with Crippen molar-refractivity contribution in [1.29, 1.82) is 0 Å². The molecule has 2 aromatic rings. The minimum Gasteiger partial charge on any atom is -1.00 e. The van der Waals surface area contributed by atoms with Gasteiger partial charge < -0.3 is 21.7 Å². The van der Waals surface area contributed by atoms with Crippen LogP contribution >= 0.6 is 0 Å². The van der Waals surface area contributed by atoms with Crippen LogP contribution in [0.1, 0.15) is 57.1 Å². The fourth-order valence-corrected chi connectivity index (χ4v) is 4.05. The summed E-state index contributed by atoms with van der Waals surface area (Å²) < 4.78 is 8.90. The van der Waals surface area contributed by atoms with E-state index in [-0.39, 0.29) is 22.4 Å². The maximum Gasteiger partial charge on any atom is 0.351 e. The molecule has 1 saturated heterocycles. The summed E-state index contributed by atoms with van der Waals surface area (Å²) in [6.07, 6.45) is 5.83. The van der Waals surface area contributed by atoms with Gasteiger partial charge in [0.05, 0.1) is 6.61 Å². The highest BCUT2D eigenvalue weighted by atomic mass is 79.9. The van der Waals surface area contributed by atoms with Crippen LogP contribution in [-0.2, 0) is 10.2 Å². The van der Waals surface area contributed by atoms with Gasteiger partial charge in [0.2, 0.25) is 0 Å². The summed E-state index contributed by atoms with van der Waals surface area (Å²) in [5, 5.41) is 0. The van der Waals surface area contributed by atoms with Gasteiger partial charge in [0.25, 0.3) is 0 Å². The van der Waals surface area contributed by atoms with Gasteiger partial charge in [-0.25, -0.2) is 4.58 Å². The predicted octanol–water partition coefficient (Wildman–Crippen LogP) is 2.41. The molecule has 0 amide bonds. The lowest BCUT2D eigenvalue weighted by molar-refractivity contribution is -0.538. The first-order valence-corrected chi connectivity index (χ1v) is 10.2. The number of ether oxygens (including phenoxy) is 1. The number of benzene rings is 2. The second-order valence-corrected chi connectivity index (χ2v) is 7.24. The Labute approximate surface area is 175 Å². The van der Waals surface area contributed by atoms with Gasteiger partial charge in [0.1, 0.15) is 18.5 Å². The van der Waals surface area contributed by atoms with Gasteiger partial charge in [0, 0.05) is 19.3 Å². The van der Waals surface area contributed by atoms with Gasteiger partial charge in [-0.1, -0.05) is 87.4 Å². The molecule has 146 valence electrons. The molecule has 0 N–H and O–H groups in total. The Hall–Kier alpha value is -1.61. The number of halogens is 1. The molecular formula is C24H32BrNO. The fourth-order valence-electron chi connectivity index (χ4n) is 4.05. The van der Waals surface area contributed by atoms with Crippen molar-refractivity contribution >= 4 is 5.90 Å². The Morgan fingerprint density at radius 3 is 1.74 bits per heavy atom. The number of unbranched alkanes of at least 4 members (excludes halogenated alkanes) is 2. The quantitative estimate of drug-likeness (QED) is 0.586. The molecule has 2 nitrogen and oxygen atoms in total. The molecule has 0 saturated carbocycles. The molecule has 3 rings (SSSR count). The highest BCUT2D eigenvalue weighted by Crippen LogP contribution is 2.41. The molecule has 1 aliphatic rings. The minimum atomic E-state index is -0.163. The molecule has 3 heteroatoms. The Kier molecular flexibility index (Phi) is 8.56. The largest absolute Gasteiger partial charge is 1.00 e. The lowest BCUT2D eigenvalue weighted by atomic mass is 9.73. The van der Waals surface area contributed by atoms with Crippen molar-refractivity contribution in [3.8, 4) is 0 Å². The summed E-state index contributed by atoms with van der Waals surface area (Å²) in [4.78, 5) is 0. The topological polar surface area (TPSA) is 12.2 Å². The van der Waals surface area contributed by atoms with Gasteiger partial charge in [-0.05, 0) is 11.1 Å². The van der Waals surface area contributed by atoms with Gasteiger partial charge in [0.15, 0.2) is 0 Å². The van der Waals surface area contributed by atoms with Crippen LogP contribution < -0.4 is 17.0 Å². The maximum atomic E-state index is 6.38. The highest BCUT2D eigenvalue weighted by Gasteiger charge is 2.51. The highest BCUT2D eigenvalue weighted by molar-refractivity contribution is 5.90. The average Bonchev–Trinajstić information content (AvgIpc) is 3.15. The minimum absolute atomic E-state index is 0. The molecule has 0 atom stereocenters. The standard InChI is InChI=1S/C24H32NO.BrH/c1-3-5-18-25(19-6-4-2)23-24(17-20-26-23,21-13-9-7-10-14-21)22-15-11-8-12-16-22;/h7-16H,3-6,17-20H2,1-2H3;1H/q+1;/p-1. The van der Waals surface area contributed by atoms with Crippen LogP contribution in [0.3, 0.4) is 0 Å². The first kappa shape index (κ1) is 21.7. The second kappa shape index (κ2) is 10.7. The van der Waals surface area contributed by atoms with E-state index in [1.165, 1.54) is 36.8 Å². The van der Waals surface area contributed by atoms with Crippen LogP contribution in [-0.4, -0.2) is 30.2 Å². The predicted molar refractivity (Wildman–Crippen MR) is 109 cm³/mol. The molecule has 1 aliphatic heterocycles. The summed E-state index contributed by atoms with van der Waals surface area (Å²) in [7, 11) is 0. The van der Waals surface area contributed by atoms with E-state index in [0.717, 1.165) is 32.0 Å². The Morgan fingerprint density at radius 2 is 1.30 bits per heavy atom. The van der Waals surface area contributed by atoms with Gasteiger partial charge in [-0.3, -0.25) is 0 Å². The van der Waals surface area contributed by atoms with E-state index >= 15 is 0 Å². The van der Waals surface area contributed by atoms with Crippen molar-refractivity contribution in [2.24, 2.45) is 0 Å². The molecule has 0 bridgehead atoms. The van der Waals surface area contributed by atoms with E-state index in [4.69, 9.17) is 4.74 Å². The van der Waals surface area contributed by atoms with Crippen LogP contribution in [0.25, 0.3) is 0 Å². The third kappa shape index (κ3) is 4.63. The number of nitrogens with zero attached hydrogens (tertiary/aromatic N) is 1. The molecule has 27 heavy (non-hydrogen) atoms. The number of hydrogen-bond donors (Lipinski definition) is 0. The molecule has 0 aliphatic carbocycles. The van der Waals surface area contributed by atoms with Crippen LogP contribution in [0.5, 0.6) is 0 Å². The lowest BCUT2D eigenvalue weighted by Gasteiger charge is -2.27.